The lowest BCUT2D eigenvalue weighted by Crippen LogP contribution is -2.33. The van der Waals surface area contributed by atoms with Crippen molar-refractivity contribution in [2.75, 3.05) is 18.0 Å². The van der Waals surface area contributed by atoms with Crippen molar-refractivity contribution < 1.29 is 19.5 Å². The molecule has 0 atom stereocenters. The average Bonchev–Trinajstić information content (AvgIpc) is 2.48. The number of anilines is 1. The molecule has 94 valence electrons. The number of hydrogen-bond acceptors (Lipinski definition) is 3. The lowest BCUT2D eigenvalue weighted by Gasteiger charge is -2.20. The molecule has 2 amide bonds. The van der Waals surface area contributed by atoms with E-state index < -0.39 is 5.97 Å². The van der Waals surface area contributed by atoms with Crippen LogP contribution in [0.3, 0.4) is 0 Å². The van der Waals surface area contributed by atoms with Crippen molar-refractivity contribution in [1.82, 2.24) is 5.32 Å². The maximum Gasteiger partial charge on any atom is 0.335 e. The molecule has 1 heterocycles. The summed E-state index contributed by atoms with van der Waals surface area (Å²) in [5.74, 6) is -1.66. The number of nitrogens with zero attached hydrogens (tertiary/aromatic N) is 1. The summed E-state index contributed by atoms with van der Waals surface area (Å²) in [5, 5.41) is 11.5. The highest BCUT2D eigenvalue weighted by Crippen LogP contribution is 2.24. The van der Waals surface area contributed by atoms with Crippen LogP contribution < -0.4 is 10.2 Å². The Kier molecular flexibility index (Phi) is 3.01. The van der Waals surface area contributed by atoms with E-state index in [1.165, 1.54) is 30.0 Å². The van der Waals surface area contributed by atoms with Gasteiger partial charge in [0.25, 0.3) is 5.91 Å². The zero-order valence-corrected chi connectivity index (χ0v) is 9.77. The monoisotopic (exact) mass is 248 g/mol. The maximum absolute atomic E-state index is 11.8. The fourth-order valence-electron chi connectivity index (χ4n) is 1.91. The molecule has 0 aliphatic carbocycles. The van der Waals surface area contributed by atoms with Gasteiger partial charge in [0.1, 0.15) is 0 Å². The van der Waals surface area contributed by atoms with Gasteiger partial charge in [-0.3, -0.25) is 9.59 Å². The van der Waals surface area contributed by atoms with E-state index in [4.69, 9.17) is 5.11 Å². The van der Waals surface area contributed by atoms with Crippen LogP contribution in [0.25, 0.3) is 0 Å². The normalized spacial score (nSPS) is 14.5. The zero-order chi connectivity index (χ0) is 13.3. The SMILES string of the molecule is CC(=O)N1CCNC(=O)c2cc(C(=O)O)ccc21. The lowest BCUT2D eigenvalue weighted by molar-refractivity contribution is -0.116. The molecule has 0 unspecified atom stereocenters. The molecule has 1 aliphatic rings. The number of carbonyl (C=O) groups is 3. The third kappa shape index (κ3) is 2.04. The van der Waals surface area contributed by atoms with Crippen molar-refractivity contribution in [2.24, 2.45) is 0 Å². The van der Waals surface area contributed by atoms with Crippen LogP contribution in [0, 0.1) is 0 Å². The highest BCUT2D eigenvalue weighted by Gasteiger charge is 2.24. The Morgan fingerprint density at radius 1 is 1.39 bits per heavy atom. The second-order valence-electron chi connectivity index (χ2n) is 3.96. The molecule has 1 aromatic carbocycles. The van der Waals surface area contributed by atoms with Crippen molar-refractivity contribution in [2.45, 2.75) is 6.92 Å². The second-order valence-corrected chi connectivity index (χ2v) is 3.96. The number of benzene rings is 1. The third-order valence-corrected chi connectivity index (χ3v) is 2.78. The predicted octanol–water partition coefficient (Wildman–Crippen LogP) is 0.481. The minimum absolute atomic E-state index is 0.0225. The molecule has 1 aromatic rings. The molecule has 0 fully saturated rings. The molecule has 18 heavy (non-hydrogen) atoms. The Morgan fingerprint density at radius 3 is 2.72 bits per heavy atom. The summed E-state index contributed by atoms with van der Waals surface area (Å²) in [5.41, 5.74) is 0.680. The van der Waals surface area contributed by atoms with E-state index in [9.17, 15) is 14.4 Å². The second kappa shape index (κ2) is 4.48. The van der Waals surface area contributed by atoms with E-state index in [0.29, 0.717) is 18.8 Å². The molecule has 6 nitrogen and oxygen atoms in total. The van der Waals surface area contributed by atoms with Gasteiger partial charge in [0.2, 0.25) is 5.91 Å². The first kappa shape index (κ1) is 12.1. The summed E-state index contributed by atoms with van der Waals surface area (Å²) in [7, 11) is 0. The number of carboxylic acid groups (broad SMARTS) is 1. The summed E-state index contributed by atoms with van der Waals surface area (Å²) < 4.78 is 0. The van der Waals surface area contributed by atoms with Crippen LogP contribution in [0.2, 0.25) is 0 Å². The van der Waals surface area contributed by atoms with Gasteiger partial charge in [-0.2, -0.15) is 0 Å². The minimum Gasteiger partial charge on any atom is -0.478 e. The molecule has 0 bridgehead atoms. The smallest absolute Gasteiger partial charge is 0.335 e. The van der Waals surface area contributed by atoms with Gasteiger partial charge in [-0.15, -0.1) is 0 Å². The van der Waals surface area contributed by atoms with Gasteiger partial charge in [-0.25, -0.2) is 4.79 Å². The van der Waals surface area contributed by atoms with Crippen molar-refractivity contribution in [3.63, 3.8) is 0 Å². The Hall–Kier alpha value is -2.37. The Bertz CT molecular complexity index is 539. The quantitative estimate of drug-likeness (QED) is 0.756. The minimum atomic E-state index is -1.11. The largest absolute Gasteiger partial charge is 0.478 e. The number of hydrogen-bond donors (Lipinski definition) is 2. The molecule has 6 heteroatoms. The van der Waals surface area contributed by atoms with E-state index >= 15 is 0 Å². The van der Waals surface area contributed by atoms with E-state index in [0.717, 1.165) is 0 Å². The molecule has 0 aromatic heterocycles. The summed E-state index contributed by atoms with van der Waals surface area (Å²) >= 11 is 0. The molecular formula is C12H12N2O4. The number of carbonyl (C=O) groups excluding carboxylic acids is 2. The number of carboxylic acids is 1. The van der Waals surface area contributed by atoms with Crippen molar-refractivity contribution in [3.05, 3.63) is 29.3 Å². The van der Waals surface area contributed by atoms with Gasteiger partial charge in [-0.05, 0) is 18.2 Å². The maximum atomic E-state index is 11.8. The standard InChI is InChI=1S/C12H12N2O4/c1-7(15)14-5-4-13-11(16)9-6-8(12(17)18)2-3-10(9)14/h2-3,6H,4-5H2,1H3,(H,13,16)(H,17,18). The van der Waals surface area contributed by atoms with Crippen LogP contribution in [0.5, 0.6) is 0 Å². The summed E-state index contributed by atoms with van der Waals surface area (Å²) in [4.78, 5) is 35.7. The van der Waals surface area contributed by atoms with E-state index in [2.05, 4.69) is 5.32 Å². The Labute approximate surface area is 103 Å². The lowest BCUT2D eigenvalue weighted by atomic mass is 10.1. The van der Waals surface area contributed by atoms with Crippen LogP contribution in [-0.2, 0) is 4.79 Å². The van der Waals surface area contributed by atoms with Gasteiger partial charge in [0.15, 0.2) is 0 Å². The van der Waals surface area contributed by atoms with Crippen LogP contribution in [0.4, 0.5) is 5.69 Å². The molecule has 0 saturated heterocycles. The van der Waals surface area contributed by atoms with Crippen molar-refractivity contribution >= 4 is 23.5 Å². The first-order chi connectivity index (χ1) is 8.50. The van der Waals surface area contributed by atoms with Crippen molar-refractivity contribution in [3.8, 4) is 0 Å². The van der Waals surface area contributed by atoms with Crippen LogP contribution >= 0.6 is 0 Å². The molecule has 0 saturated carbocycles. The molecule has 0 radical (unpaired) electrons. The van der Waals surface area contributed by atoms with Crippen LogP contribution in [0.1, 0.15) is 27.6 Å². The number of amides is 2. The van der Waals surface area contributed by atoms with Gasteiger partial charge >= 0.3 is 5.97 Å². The molecule has 0 spiro atoms. The topological polar surface area (TPSA) is 86.7 Å². The van der Waals surface area contributed by atoms with Gasteiger partial charge in [0, 0.05) is 20.0 Å². The fraction of sp³-hybridized carbons (Fsp3) is 0.250. The van der Waals surface area contributed by atoms with Crippen LogP contribution in [0.15, 0.2) is 18.2 Å². The Morgan fingerprint density at radius 2 is 2.11 bits per heavy atom. The summed E-state index contributed by atoms with van der Waals surface area (Å²) in [6, 6.07) is 4.16. The van der Waals surface area contributed by atoms with Crippen LogP contribution in [-0.4, -0.2) is 36.0 Å². The summed E-state index contributed by atoms with van der Waals surface area (Å²) in [6.07, 6.45) is 0. The van der Waals surface area contributed by atoms with E-state index in [1.54, 1.807) is 0 Å². The third-order valence-electron chi connectivity index (χ3n) is 2.78. The highest BCUT2D eigenvalue weighted by molar-refractivity contribution is 6.06. The number of aromatic carboxylic acids is 1. The molecule has 1 aliphatic heterocycles. The van der Waals surface area contributed by atoms with E-state index in [1.807, 2.05) is 0 Å². The van der Waals surface area contributed by atoms with Crippen molar-refractivity contribution in [1.29, 1.82) is 0 Å². The van der Waals surface area contributed by atoms with E-state index in [-0.39, 0.29) is 22.9 Å². The average molecular weight is 248 g/mol. The number of fused-ring (bicyclic) bond motifs is 1. The predicted molar refractivity (Wildman–Crippen MR) is 63.8 cm³/mol. The molecule has 2 N–H and O–H groups in total. The first-order valence-electron chi connectivity index (χ1n) is 5.44. The molecular weight excluding hydrogens is 236 g/mol. The van der Waals surface area contributed by atoms with Gasteiger partial charge in [-0.1, -0.05) is 0 Å². The first-order valence-corrected chi connectivity index (χ1v) is 5.44. The van der Waals surface area contributed by atoms with Gasteiger partial charge in [0.05, 0.1) is 16.8 Å². The zero-order valence-electron chi connectivity index (χ0n) is 9.77. The molecule has 2 rings (SSSR count). The number of nitrogens with one attached hydrogen (secondary N) is 1. The highest BCUT2D eigenvalue weighted by atomic mass is 16.4. The fourth-order valence-corrected chi connectivity index (χ4v) is 1.91. The summed E-state index contributed by atoms with van der Waals surface area (Å²) in [6.45, 7) is 2.13. The number of rotatable bonds is 1. The van der Waals surface area contributed by atoms with Gasteiger partial charge < -0.3 is 15.3 Å². The Balaban J connectivity index is 2.57.